The molecule has 0 radical (unpaired) electrons. The maximum absolute atomic E-state index is 12.7. The van der Waals surface area contributed by atoms with Crippen LogP contribution < -0.4 is 10.3 Å². The van der Waals surface area contributed by atoms with Gasteiger partial charge in [0.05, 0.1) is 0 Å². The molecule has 6 nitrogen and oxygen atoms in total. The highest BCUT2D eigenvalue weighted by Gasteiger charge is 2.37. The summed E-state index contributed by atoms with van der Waals surface area (Å²) in [5.74, 6) is 0.0882. The minimum Gasteiger partial charge on any atom is -0.329 e. The number of para-hydroxylation sites is 1. The molecule has 2 aromatic rings. The molecule has 0 atom stereocenters. The van der Waals surface area contributed by atoms with E-state index in [0.29, 0.717) is 12.1 Å². The van der Waals surface area contributed by atoms with Gasteiger partial charge < -0.3 is 4.90 Å². The fraction of sp³-hybridized carbons (Fsp3) is 0.500. The lowest BCUT2D eigenvalue weighted by atomic mass is 9.91. The predicted octanol–water partition coefficient (Wildman–Crippen LogP) is 2.17. The van der Waals surface area contributed by atoms with Gasteiger partial charge in [-0.15, -0.1) is 0 Å². The van der Waals surface area contributed by atoms with Crippen LogP contribution in [0.4, 0.5) is 0 Å². The number of hydrogen-bond acceptors (Lipinski definition) is 3. The number of amides is 1. The van der Waals surface area contributed by atoms with Crippen LogP contribution in [0.3, 0.4) is 0 Å². The molecule has 0 aliphatic heterocycles. The zero-order valence-electron chi connectivity index (χ0n) is 14.4. The van der Waals surface area contributed by atoms with Crippen LogP contribution in [0.1, 0.15) is 45.7 Å². The van der Waals surface area contributed by atoms with Crippen molar-refractivity contribution in [2.24, 2.45) is 5.41 Å². The van der Waals surface area contributed by atoms with Crippen molar-refractivity contribution in [3.8, 4) is 5.69 Å². The fourth-order valence-electron chi connectivity index (χ4n) is 2.74. The van der Waals surface area contributed by atoms with Crippen LogP contribution in [0.25, 0.3) is 5.69 Å². The molecule has 0 bridgehead atoms. The SMILES string of the molecule is CC(C)(C)CC(=O)N(Cc1c(=O)o[nH][n+]1-c1ccccc1)C1CC1. The Bertz CT molecular complexity index is 767. The van der Waals surface area contributed by atoms with Crippen LogP contribution in [0.5, 0.6) is 0 Å². The lowest BCUT2D eigenvalue weighted by Gasteiger charge is -2.25. The average Bonchev–Trinajstić information content (AvgIpc) is 3.28. The van der Waals surface area contributed by atoms with Crippen molar-refractivity contribution in [1.82, 2.24) is 10.2 Å². The van der Waals surface area contributed by atoms with Gasteiger partial charge in [-0.25, -0.2) is 4.79 Å². The zero-order chi connectivity index (χ0) is 17.3. The third kappa shape index (κ3) is 3.75. The molecular formula is C18H24N3O3+. The summed E-state index contributed by atoms with van der Waals surface area (Å²) < 4.78 is 6.59. The molecule has 1 aromatic carbocycles. The molecule has 1 aliphatic rings. The van der Waals surface area contributed by atoms with E-state index in [4.69, 9.17) is 4.52 Å². The largest absolute Gasteiger partial charge is 0.432 e. The van der Waals surface area contributed by atoms with Crippen molar-refractivity contribution < 1.29 is 14.0 Å². The number of nitrogens with zero attached hydrogens (tertiary/aromatic N) is 2. The second-order valence-corrected chi connectivity index (χ2v) is 7.59. The molecular weight excluding hydrogens is 306 g/mol. The highest BCUT2D eigenvalue weighted by molar-refractivity contribution is 5.77. The molecule has 1 aliphatic carbocycles. The molecule has 1 amide bonds. The van der Waals surface area contributed by atoms with E-state index in [2.05, 4.69) is 5.27 Å². The zero-order valence-corrected chi connectivity index (χ0v) is 14.4. The highest BCUT2D eigenvalue weighted by Crippen LogP contribution is 2.30. The predicted molar refractivity (Wildman–Crippen MR) is 88.5 cm³/mol. The second kappa shape index (κ2) is 6.26. The number of hydrogen-bond donors (Lipinski definition) is 1. The molecule has 128 valence electrons. The Balaban J connectivity index is 1.87. The first-order valence-corrected chi connectivity index (χ1v) is 8.32. The summed E-state index contributed by atoms with van der Waals surface area (Å²) >= 11 is 0. The number of rotatable bonds is 5. The number of H-pyrrole nitrogens is 1. The van der Waals surface area contributed by atoms with Crippen molar-refractivity contribution in [3.05, 3.63) is 46.4 Å². The van der Waals surface area contributed by atoms with Crippen LogP contribution >= 0.6 is 0 Å². The molecule has 3 rings (SSSR count). The highest BCUT2D eigenvalue weighted by atomic mass is 16.5. The van der Waals surface area contributed by atoms with Crippen LogP contribution in [-0.4, -0.2) is 22.1 Å². The smallest absolute Gasteiger partial charge is 0.329 e. The van der Waals surface area contributed by atoms with Crippen molar-refractivity contribution in [1.29, 1.82) is 0 Å². The minimum absolute atomic E-state index is 0.0809. The number of benzene rings is 1. The Morgan fingerprint density at radius 3 is 2.54 bits per heavy atom. The van der Waals surface area contributed by atoms with Gasteiger partial charge in [-0.2, -0.15) is 0 Å². The maximum atomic E-state index is 12.7. The molecule has 6 heteroatoms. The third-order valence-corrected chi connectivity index (χ3v) is 4.06. The molecule has 0 unspecified atom stereocenters. The van der Waals surface area contributed by atoms with E-state index in [1.807, 2.05) is 56.0 Å². The van der Waals surface area contributed by atoms with Gasteiger partial charge in [0.1, 0.15) is 6.54 Å². The van der Waals surface area contributed by atoms with E-state index >= 15 is 0 Å². The third-order valence-electron chi connectivity index (χ3n) is 4.06. The van der Waals surface area contributed by atoms with Crippen LogP contribution in [-0.2, 0) is 11.3 Å². The molecule has 0 saturated heterocycles. The quantitative estimate of drug-likeness (QED) is 0.854. The normalized spacial score (nSPS) is 14.6. The van der Waals surface area contributed by atoms with Gasteiger partial charge in [0.25, 0.3) is 0 Å². The maximum Gasteiger partial charge on any atom is 0.432 e. The van der Waals surface area contributed by atoms with E-state index in [9.17, 15) is 9.59 Å². The van der Waals surface area contributed by atoms with Crippen molar-refractivity contribution in [2.75, 3.05) is 0 Å². The number of nitrogens with one attached hydrogen (secondary N) is 1. The standard InChI is InChI=1S/C18H23N3O3/c1-18(2,3)11-16(22)20(13-9-10-13)12-15-17(23)24-19-21(15)14-7-5-4-6-8-14/h4-8,13H,9-12H2,1-3H3/p+1. The molecule has 1 aromatic heterocycles. The fourth-order valence-corrected chi connectivity index (χ4v) is 2.74. The lowest BCUT2D eigenvalue weighted by Crippen LogP contribution is -2.44. The van der Waals surface area contributed by atoms with E-state index < -0.39 is 5.63 Å². The van der Waals surface area contributed by atoms with Gasteiger partial charge >= 0.3 is 11.3 Å². The molecule has 1 saturated carbocycles. The summed E-state index contributed by atoms with van der Waals surface area (Å²) in [6, 6.07) is 9.69. The first kappa shape index (κ1) is 16.5. The first-order chi connectivity index (χ1) is 11.3. The Labute approximate surface area is 141 Å². The van der Waals surface area contributed by atoms with E-state index in [1.54, 1.807) is 4.68 Å². The lowest BCUT2D eigenvalue weighted by molar-refractivity contribution is -0.678. The van der Waals surface area contributed by atoms with Crippen LogP contribution in [0.2, 0.25) is 0 Å². The Kier molecular flexibility index (Phi) is 4.30. The second-order valence-electron chi connectivity index (χ2n) is 7.59. The van der Waals surface area contributed by atoms with Gasteiger partial charge in [0, 0.05) is 24.6 Å². The van der Waals surface area contributed by atoms with E-state index in [0.717, 1.165) is 18.5 Å². The Morgan fingerprint density at radius 2 is 1.96 bits per heavy atom. The summed E-state index contributed by atoms with van der Waals surface area (Å²) in [5, 5.41) is 2.63. The molecule has 1 N–H and O–H groups in total. The van der Waals surface area contributed by atoms with Crippen molar-refractivity contribution in [2.45, 2.75) is 52.6 Å². The van der Waals surface area contributed by atoms with Gasteiger partial charge in [-0.1, -0.05) is 39.0 Å². The monoisotopic (exact) mass is 330 g/mol. The average molecular weight is 330 g/mol. The van der Waals surface area contributed by atoms with Gasteiger partial charge in [-0.05, 0) is 28.2 Å². The summed E-state index contributed by atoms with van der Waals surface area (Å²) in [7, 11) is 0. The van der Waals surface area contributed by atoms with Crippen LogP contribution in [0.15, 0.2) is 39.6 Å². The van der Waals surface area contributed by atoms with E-state index in [-0.39, 0.29) is 23.9 Å². The summed E-state index contributed by atoms with van der Waals surface area (Å²) in [6.07, 6.45) is 2.46. The number of aromatic nitrogens is 2. The van der Waals surface area contributed by atoms with Gasteiger partial charge in [-0.3, -0.25) is 9.32 Å². The molecule has 24 heavy (non-hydrogen) atoms. The number of aromatic amines is 1. The van der Waals surface area contributed by atoms with Crippen molar-refractivity contribution in [3.63, 3.8) is 0 Å². The summed E-state index contributed by atoms with van der Waals surface area (Å²) in [4.78, 5) is 26.7. The Hall–Kier alpha value is -2.37. The van der Waals surface area contributed by atoms with E-state index in [1.165, 1.54) is 0 Å². The minimum atomic E-state index is -0.437. The van der Waals surface area contributed by atoms with Gasteiger partial charge in [0.2, 0.25) is 11.6 Å². The van der Waals surface area contributed by atoms with Crippen molar-refractivity contribution >= 4 is 5.91 Å². The molecule has 0 spiro atoms. The topological polar surface area (TPSA) is 70.2 Å². The van der Waals surface area contributed by atoms with Crippen LogP contribution in [0, 0.1) is 5.41 Å². The Morgan fingerprint density at radius 1 is 1.29 bits per heavy atom. The summed E-state index contributed by atoms with van der Waals surface area (Å²) in [6.45, 7) is 6.40. The first-order valence-electron chi connectivity index (χ1n) is 8.32. The molecule has 1 heterocycles. The van der Waals surface area contributed by atoms with Gasteiger partial charge in [0.15, 0.2) is 0 Å². The summed E-state index contributed by atoms with van der Waals surface area (Å²) in [5.41, 5.74) is 0.725. The number of carbonyl (C=O) groups is 1. The number of carbonyl (C=O) groups excluding carboxylic acids is 1. The molecule has 1 fully saturated rings.